The van der Waals surface area contributed by atoms with Crippen LogP contribution in [0.15, 0.2) is 24.3 Å². The minimum absolute atomic E-state index is 0.0316. The van der Waals surface area contributed by atoms with Crippen molar-refractivity contribution in [1.29, 1.82) is 0 Å². The van der Waals surface area contributed by atoms with Crippen molar-refractivity contribution in [3.8, 4) is 0 Å². The van der Waals surface area contributed by atoms with Gasteiger partial charge in [0, 0.05) is 12.5 Å². The van der Waals surface area contributed by atoms with Gasteiger partial charge in [0.1, 0.15) is 6.10 Å². The molecule has 8 heteroatoms. The van der Waals surface area contributed by atoms with E-state index in [0.717, 1.165) is 6.07 Å². The van der Waals surface area contributed by atoms with E-state index in [-0.39, 0.29) is 30.0 Å². The van der Waals surface area contributed by atoms with E-state index in [0.29, 0.717) is 25.7 Å². The zero-order valence-corrected chi connectivity index (χ0v) is 12.9. The number of amides is 2. The van der Waals surface area contributed by atoms with Crippen LogP contribution >= 0.6 is 0 Å². The Morgan fingerprint density at radius 2 is 1.79 bits per heavy atom. The van der Waals surface area contributed by atoms with Gasteiger partial charge in [-0.25, -0.2) is 4.79 Å². The summed E-state index contributed by atoms with van der Waals surface area (Å²) in [6.45, 7) is -0.174. The van der Waals surface area contributed by atoms with Crippen LogP contribution in [0.1, 0.15) is 36.8 Å². The predicted octanol–water partition coefficient (Wildman–Crippen LogP) is 2.98. The van der Waals surface area contributed by atoms with Crippen molar-refractivity contribution in [3.05, 3.63) is 35.4 Å². The van der Waals surface area contributed by atoms with Gasteiger partial charge in [-0.15, -0.1) is 0 Å². The Labute approximate surface area is 137 Å². The summed E-state index contributed by atoms with van der Waals surface area (Å²) in [5.74, 6) is -0.583. The fourth-order valence-corrected chi connectivity index (χ4v) is 2.88. The van der Waals surface area contributed by atoms with E-state index in [1.54, 1.807) is 0 Å². The second-order valence-electron chi connectivity index (χ2n) is 5.78. The van der Waals surface area contributed by atoms with Crippen LogP contribution in [0.25, 0.3) is 0 Å². The van der Waals surface area contributed by atoms with Gasteiger partial charge in [0.05, 0.1) is 5.56 Å². The summed E-state index contributed by atoms with van der Waals surface area (Å²) in [6, 6.07) is 5.16. The summed E-state index contributed by atoms with van der Waals surface area (Å²) in [4.78, 5) is 22.8. The molecule has 1 fully saturated rings. The molecule has 0 spiro atoms. The Kier molecular flexibility index (Phi) is 5.69. The minimum Gasteiger partial charge on any atom is -0.446 e. The summed E-state index contributed by atoms with van der Waals surface area (Å²) in [6.07, 6.45) is -3.55. The molecule has 132 valence electrons. The third-order valence-electron chi connectivity index (χ3n) is 4.10. The standard InChI is InChI=1S/C16H19F3N2O3/c17-16(18,19)13-4-2-1-3-11(13)9-21-14(22)10-5-7-12(8-6-10)24-15(20)23/h1-4,10,12H,5-9H2,(H2,20,23)(H,21,22). The third kappa shape index (κ3) is 4.87. The quantitative estimate of drug-likeness (QED) is 0.881. The topological polar surface area (TPSA) is 81.4 Å². The van der Waals surface area contributed by atoms with Crippen molar-refractivity contribution in [3.63, 3.8) is 0 Å². The van der Waals surface area contributed by atoms with E-state index in [4.69, 9.17) is 10.5 Å². The molecule has 0 aromatic heterocycles. The number of nitrogens with two attached hydrogens (primary N) is 1. The number of benzene rings is 1. The van der Waals surface area contributed by atoms with E-state index in [2.05, 4.69) is 5.32 Å². The summed E-state index contributed by atoms with van der Waals surface area (Å²) in [5.41, 5.74) is 4.23. The van der Waals surface area contributed by atoms with Crippen LogP contribution in [0.4, 0.5) is 18.0 Å². The SMILES string of the molecule is NC(=O)OC1CCC(C(=O)NCc2ccccc2C(F)(F)F)CC1. The van der Waals surface area contributed by atoms with Crippen molar-refractivity contribution in [2.24, 2.45) is 11.7 Å². The number of hydrogen-bond acceptors (Lipinski definition) is 3. The van der Waals surface area contributed by atoms with Gasteiger partial charge in [0.15, 0.2) is 0 Å². The number of hydrogen-bond donors (Lipinski definition) is 2. The minimum atomic E-state index is -4.45. The molecule has 2 rings (SSSR count). The molecule has 0 unspecified atom stereocenters. The van der Waals surface area contributed by atoms with Crippen molar-refractivity contribution >= 4 is 12.0 Å². The molecule has 5 nitrogen and oxygen atoms in total. The first-order valence-corrected chi connectivity index (χ1v) is 7.66. The molecule has 3 N–H and O–H groups in total. The molecule has 0 saturated heterocycles. The van der Waals surface area contributed by atoms with Crippen LogP contribution in [-0.4, -0.2) is 18.1 Å². The maximum Gasteiger partial charge on any atom is 0.416 e. The molecule has 1 aliphatic carbocycles. The Morgan fingerprint density at radius 3 is 2.38 bits per heavy atom. The van der Waals surface area contributed by atoms with Gasteiger partial charge < -0.3 is 15.8 Å². The smallest absolute Gasteiger partial charge is 0.416 e. The lowest BCUT2D eigenvalue weighted by molar-refractivity contribution is -0.138. The molecule has 1 aliphatic rings. The van der Waals surface area contributed by atoms with Gasteiger partial charge >= 0.3 is 12.3 Å². The normalized spacial score (nSPS) is 21.1. The maximum atomic E-state index is 12.9. The van der Waals surface area contributed by atoms with Gasteiger partial charge in [0.25, 0.3) is 0 Å². The van der Waals surface area contributed by atoms with E-state index < -0.39 is 17.8 Å². The molecule has 0 bridgehead atoms. The van der Waals surface area contributed by atoms with E-state index in [9.17, 15) is 22.8 Å². The van der Waals surface area contributed by atoms with Crippen molar-refractivity contribution in [2.75, 3.05) is 0 Å². The van der Waals surface area contributed by atoms with Crippen LogP contribution in [0.3, 0.4) is 0 Å². The van der Waals surface area contributed by atoms with Gasteiger partial charge in [-0.1, -0.05) is 18.2 Å². The molecule has 2 amide bonds. The molecule has 24 heavy (non-hydrogen) atoms. The summed E-state index contributed by atoms with van der Waals surface area (Å²) in [7, 11) is 0. The van der Waals surface area contributed by atoms with Gasteiger partial charge in [-0.2, -0.15) is 13.2 Å². The number of carbonyl (C=O) groups excluding carboxylic acids is 2. The zero-order chi connectivity index (χ0) is 17.7. The van der Waals surface area contributed by atoms with Crippen molar-refractivity contribution < 1.29 is 27.5 Å². The Morgan fingerprint density at radius 1 is 1.17 bits per heavy atom. The van der Waals surface area contributed by atoms with Crippen molar-refractivity contribution in [1.82, 2.24) is 5.32 Å². The van der Waals surface area contributed by atoms with Crippen LogP contribution in [0, 0.1) is 5.92 Å². The lowest BCUT2D eigenvalue weighted by Crippen LogP contribution is -2.35. The lowest BCUT2D eigenvalue weighted by atomic mass is 9.86. The fourth-order valence-electron chi connectivity index (χ4n) is 2.88. The Bertz CT molecular complexity index is 596. The first-order valence-electron chi connectivity index (χ1n) is 7.66. The molecule has 0 heterocycles. The molecule has 1 saturated carbocycles. The number of nitrogens with one attached hydrogen (secondary N) is 1. The van der Waals surface area contributed by atoms with Gasteiger partial charge in [-0.3, -0.25) is 4.79 Å². The number of rotatable bonds is 4. The van der Waals surface area contributed by atoms with Crippen LogP contribution in [-0.2, 0) is 22.3 Å². The first kappa shape index (κ1) is 18.1. The highest BCUT2D eigenvalue weighted by Gasteiger charge is 2.33. The van der Waals surface area contributed by atoms with Crippen molar-refractivity contribution in [2.45, 2.75) is 44.5 Å². The number of alkyl halides is 3. The zero-order valence-electron chi connectivity index (χ0n) is 12.9. The number of ether oxygens (including phenoxy) is 1. The number of carbonyl (C=O) groups is 2. The molecule has 1 aromatic rings. The highest BCUT2D eigenvalue weighted by atomic mass is 19.4. The molecule has 0 atom stereocenters. The van der Waals surface area contributed by atoms with E-state index >= 15 is 0 Å². The van der Waals surface area contributed by atoms with Crippen LogP contribution in [0.5, 0.6) is 0 Å². The summed E-state index contributed by atoms with van der Waals surface area (Å²) >= 11 is 0. The summed E-state index contributed by atoms with van der Waals surface area (Å²) in [5, 5.41) is 2.57. The first-order chi connectivity index (χ1) is 11.3. The monoisotopic (exact) mass is 344 g/mol. The second-order valence-corrected chi connectivity index (χ2v) is 5.78. The Hall–Kier alpha value is -2.25. The van der Waals surface area contributed by atoms with Crippen LogP contribution in [0.2, 0.25) is 0 Å². The molecule has 1 aromatic carbocycles. The number of halogens is 3. The molecular weight excluding hydrogens is 325 g/mol. The highest BCUT2D eigenvalue weighted by molar-refractivity contribution is 5.78. The maximum absolute atomic E-state index is 12.9. The lowest BCUT2D eigenvalue weighted by Gasteiger charge is -2.27. The molecule has 0 radical (unpaired) electrons. The average molecular weight is 344 g/mol. The summed E-state index contributed by atoms with van der Waals surface area (Å²) < 4.78 is 43.6. The van der Waals surface area contributed by atoms with Gasteiger partial charge in [0.2, 0.25) is 5.91 Å². The number of primary amides is 1. The molecular formula is C16H19F3N2O3. The Balaban J connectivity index is 1.88. The third-order valence-corrected chi connectivity index (χ3v) is 4.10. The van der Waals surface area contributed by atoms with Crippen LogP contribution < -0.4 is 11.1 Å². The van der Waals surface area contributed by atoms with E-state index in [1.807, 2.05) is 0 Å². The largest absolute Gasteiger partial charge is 0.446 e. The molecule has 0 aliphatic heterocycles. The van der Waals surface area contributed by atoms with Gasteiger partial charge in [-0.05, 0) is 37.3 Å². The average Bonchev–Trinajstić information content (AvgIpc) is 2.52. The highest BCUT2D eigenvalue weighted by Crippen LogP contribution is 2.32. The fraction of sp³-hybridized carbons (Fsp3) is 0.500. The second kappa shape index (κ2) is 7.55. The predicted molar refractivity (Wildman–Crippen MR) is 79.7 cm³/mol. The van der Waals surface area contributed by atoms with E-state index in [1.165, 1.54) is 18.2 Å².